The fourth-order valence-electron chi connectivity index (χ4n) is 2.55. The van der Waals surface area contributed by atoms with E-state index in [-0.39, 0.29) is 11.9 Å². The Morgan fingerprint density at radius 1 is 1.25 bits per heavy atom. The summed E-state index contributed by atoms with van der Waals surface area (Å²) in [6.45, 7) is 6.72. The van der Waals surface area contributed by atoms with Gasteiger partial charge in [0.25, 0.3) is 0 Å². The van der Waals surface area contributed by atoms with Crippen LogP contribution in [0.25, 0.3) is 0 Å². The Morgan fingerprint density at radius 3 is 2.55 bits per heavy atom. The summed E-state index contributed by atoms with van der Waals surface area (Å²) >= 11 is 0. The van der Waals surface area contributed by atoms with Crippen LogP contribution in [0.15, 0.2) is 24.3 Å². The molecule has 0 saturated heterocycles. The summed E-state index contributed by atoms with van der Waals surface area (Å²) in [5, 5.41) is 0. The van der Waals surface area contributed by atoms with Crippen molar-refractivity contribution in [1.29, 1.82) is 0 Å². The highest BCUT2D eigenvalue weighted by atomic mass is 19.1. The minimum absolute atomic E-state index is 0.0639. The molecule has 0 aliphatic heterocycles. The number of benzene rings is 1. The fourth-order valence-corrected chi connectivity index (χ4v) is 2.55. The van der Waals surface area contributed by atoms with Crippen molar-refractivity contribution in [3.05, 3.63) is 35.6 Å². The van der Waals surface area contributed by atoms with Gasteiger partial charge in [-0.2, -0.15) is 0 Å². The SMILES string of the molecule is CC(C)CCN(CCC(N)c1cccc(F)c1)C1CC1. The first-order valence-corrected chi connectivity index (χ1v) is 7.81. The van der Waals surface area contributed by atoms with Crippen LogP contribution in [0, 0.1) is 11.7 Å². The van der Waals surface area contributed by atoms with Crippen molar-refractivity contribution in [3.63, 3.8) is 0 Å². The van der Waals surface area contributed by atoms with Crippen LogP contribution in [-0.4, -0.2) is 24.0 Å². The molecule has 1 aromatic carbocycles. The van der Waals surface area contributed by atoms with E-state index in [1.807, 2.05) is 6.07 Å². The molecule has 20 heavy (non-hydrogen) atoms. The van der Waals surface area contributed by atoms with Crippen molar-refractivity contribution in [2.24, 2.45) is 11.7 Å². The molecule has 3 heteroatoms. The molecule has 2 N–H and O–H groups in total. The third-order valence-electron chi connectivity index (χ3n) is 4.06. The van der Waals surface area contributed by atoms with Gasteiger partial charge in [0.1, 0.15) is 5.82 Å². The van der Waals surface area contributed by atoms with Crippen LogP contribution in [-0.2, 0) is 0 Å². The van der Waals surface area contributed by atoms with Crippen molar-refractivity contribution in [2.45, 2.75) is 51.6 Å². The highest BCUT2D eigenvalue weighted by Gasteiger charge is 2.28. The van der Waals surface area contributed by atoms with Gasteiger partial charge in [-0.25, -0.2) is 4.39 Å². The molecule has 0 aromatic heterocycles. The van der Waals surface area contributed by atoms with Gasteiger partial charge in [0.15, 0.2) is 0 Å². The van der Waals surface area contributed by atoms with Gasteiger partial charge in [0, 0.05) is 18.6 Å². The summed E-state index contributed by atoms with van der Waals surface area (Å²) in [7, 11) is 0. The standard InChI is InChI=1S/C17H27FN2/c1-13(2)8-10-20(16-6-7-16)11-9-17(19)14-4-3-5-15(18)12-14/h3-5,12-13,16-17H,6-11,19H2,1-2H3. The van der Waals surface area contributed by atoms with Crippen molar-refractivity contribution >= 4 is 0 Å². The molecule has 1 aliphatic carbocycles. The van der Waals surface area contributed by atoms with E-state index in [0.717, 1.165) is 37.0 Å². The molecule has 1 aliphatic rings. The Morgan fingerprint density at radius 2 is 1.95 bits per heavy atom. The second kappa shape index (κ2) is 7.19. The Bertz CT molecular complexity index is 415. The predicted molar refractivity (Wildman–Crippen MR) is 82.0 cm³/mol. The monoisotopic (exact) mass is 278 g/mol. The predicted octanol–water partition coefficient (Wildman–Crippen LogP) is 3.73. The number of hydrogen-bond donors (Lipinski definition) is 1. The molecule has 0 spiro atoms. The van der Waals surface area contributed by atoms with E-state index in [0.29, 0.717) is 0 Å². The lowest BCUT2D eigenvalue weighted by Gasteiger charge is -2.24. The number of halogens is 1. The number of rotatable bonds is 8. The van der Waals surface area contributed by atoms with E-state index in [1.54, 1.807) is 12.1 Å². The molecule has 1 aromatic rings. The molecule has 1 saturated carbocycles. The molecule has 2 nitrogen and oxygen atoms in total. The van der Waals surface area contributed by atoms with Crippen molar-refractivity contribution in [2.75, 3.05) is 13.1 Å². The second-order valence-electron chi connectivity index (χ2n) is 6.40. The maximum atomic E-state index is 13.2. The number of nitrogens with two attached hydrogens (primary N) is 1. The van der Waals surface area contributed by atoms with Gasteiger partial charge in [0.05, 0.1) is 0 Å². The average Bonchev–Trinajstić information content (AvgIpc) is 3.22. The Hall–Kier alpha value is -0.930. The zero-order valence-electron chi connectivity index (χ0n) is 12.7. The highest BCUT2D eigenvalue weighted by molar-refractivity contribution is 5.19. The van der Waals surface area contributed by atoms with Gasteiger partial charge in [-0.1, -0.05) is 26.0 Å². The van der Waals surface area contributed by atoms with Crippen molar-refractivity contribution in [3.8, 4) is 0 Å². The minimum atomic E-state index is -0.197. The summed E-state index contributed by atoms with van der Waals surface area (Å²) in [6.07, 6.45) is 4.80. The summed E-state index contributed by atoms with van der Waals surface area (Å²) < 4.78 is 13.2. The van der Waals surface area contributed by atoms with Crippen LogP contribution < -0.4 is 5.73 Å². The van der Waals surface area contributed by atoms with Crippen LogP contribution >= 0.6 is 0 Å². The van der Waals surface area contributed by atoms with E-state index in [1.165, 1.54) is 25.3 Å². The Labute approximate surface area is 122 Å². The van der Waals surface area contributed by atoms with Gasteiger partial charge < -0.3 is 10.6 Å². The van der Waals surface area contributed by atoms with Gasteiger partial charge in [-0.3, -0.25) is 0 Å². The first kappa shape index (κ1) is 15.5. The first-order valence-electron chi connectivity index (χ1n) is 7.81. The lowest BCUT2D eigenvalue weighted by atomic mass is 10.0. The Kier molecular flexibility index (Phi) is 5.55. The highest BCUT2D eigenvalue weighted by Crippen LogP contribution is 2.28. The van der Waals surface area contributed by atoms with Gasteiger partial charge >= 0.3 is 0 Å². The summed E-state index contributed by atoms with van der Waals surface area (Å²) in [6, 6.07) is 7.39. The molecule has 2 rings (SSSR count). The first-order chi connectivity index (χ1) is 9.56. The van der Waals surface area contributed by atoms with E-state index >= 15 is 0 Å². The van der Waals surface area contributed by atoms with Gasteiger partial charge in [0.2, 0.25) is 0 Å². The summed E-state index contributed by atoms with van der Waals surface area (Å²) in [4.78, 5) is 2.57. The van der Waals surface area contributed by atoms with E-state index in [4.69, 9.17) is 5.73 Å². The second-order valence-corrected chi connectivity index (χ2v) is 6.40. The van der Waals surface area contributed by atoms with Crippen LogP contribution in [0.2, 0.25) is 0 Å². The lowest BCUT2D eigenvalue weighted by Crippen LogP contribution is -2.31. The third kappa shape index (κ3) is 4.88. The van der Waals surface area contributed by atoms with Crippen molar-refractivity contribution < 1.29 is 4.39 Å². The maximum absolute atomic E-state index is 13.2. The zero-order valence-corrected chi connectivity index (χ0v) is 12.7. The molecular weight excluding hydrogens is 251 g/mol. The minimum Gasteiger partial charge on any atom is -0.324 e. The number of hydrogen-bond acceptors (Lipinski definition) is 2. The Balaban J connectivity index is 1.82. The molecular formula is C17H27FN2. The maximum Gasteiger partial charge on any atom is 0.123 e. The van der Waals surface area contributed by atoms with Gasteiger partial charge in [-0.15, -0.1) is 0 Å². The fraction of sp³-hybridized carbons (Fsp3) is 0.647. The molecule has 112 valence electrons. The number of nitrogens with zero attached hydrogens (tertiary/aromatic N) is 1. The summed E-state index contributed by atoms with van der Waals surface area (Å²) in [5.74, 6) is 0.546. The largest absolute Gasteiger partial charge is 0.324 e. The van der Waals surface area contributed by atoms with E-state index in [9.17, 15) is 4.39 Å². The average molecular weight is 278 g/mol. The summed E-state index contributed by atoms with van der Waals surface area (Å²) in [5.41, 5.74) is 7.10. The lowest BCUT2D eigenvalue weighted by molar-refractivity contribution is 0.239. The molecule has 1 unspecified atom stereocenters. The molecule has 0 radical (unpaired) electrons. The molecule has 0 bridgehead atoms. The quantitative estimate of drug-likeness (QED) is 0.785. The van der Waals surface area contributed by atoms with Crippen LogP contribution in [0.4, 0.5) is 4.39 Å². The molecule has 0 heterocycles. The van der Waals surface area contributed by atoms with Crippen LogP contribution in [0.5, 0.6) is 0 Å². The molecule has 1 fully saturated rings. The smallest absolute Gasteiger partial charge is 0.123 e. The molecule has 0 amide bonds. The normalized spacial score (nSPS) is 16.9. The van der Waals surface area contributed by atoms with Crippen LogP contribution in [0.1, 0.15) is 51.1 Å². The van der Waals surface area contributed by atoms with Crippen LogP contribution in [0.3, 0.4) is 0 Å². The van der Waals surface area contributed by atoms with Crippen molar-refractivity contribution in [1.82, 2.24) is 4.90 Å². The zero-order chi connectivity index (χ0) is 14.5. The van der Waals surface area contributed by atoms with Gasteiger partial charge in [-0.05, 0) is 55.8 Å². The van der Waals surface area contributed by atoms with E-state index < -0.39 is 0 Å². The topological polar surface area (TPSA) is 29.3 Å². The molecule has 1 atom stereocenters. The third-order valence-corrected chi connectivity index (χ3v) is 4.06. The van der Waals surface area contributed by atoms with E-state index in [2.05, 4.69) is 18.7 Å².